The number of hydrogen-bond acceptors (Lipinski definition) is 4. The Balaban J connectivity index is 1.58. The van der Waals surface area contributed by atoms with Crippen LogP contribution in [0.1, 0.15) is 37.8 Å². The number of benzene rings is 2. The van der Waals surface area contributed by atoms with Crippen molar-refractivity contribution >= 4 is 12.2 Å². The van der Waals surface area contributed by atoms with E-state index in [0.29, 0.717) is 12.8 Å². The fourth-order valence-electron chi connectivity index (χ4n) is 2.58. The van der Waals surface area contributed by atoms with Crippen LogP contribution in [-0.2, 0) is 22.7 Å². The van der Waals surface area contributed by atoms with Crippen LogP contribution in [0.15, 0.2) is 60.7 Å². The van der Waals surface area contributed by atoms with Crippen LogP contribution in [0.25, 0.3) is 0 Å². The highest BCUT2D eigenvalue weighted by Gasteiger charge is 2.13. The first kappa shape index (κ1) is 21.3. The first-order chi connectivity index (χ1) is 13.5. The predicted molar refractivity (Wildman–Crippen MR) is 108 cm³/mol. The number of alkyl carbamates (subject to hydrolysis) is 2. The zero-order valence-electron chi connectivity index (χ0n) is 16.4. The molecule has 2 aromatic carbocycles. The van der Waals surface area contributed by atoms with Crippen molar-refractivity contribution in [3.63, 3.8) is 0 Å². The molecule has 2 N–H and O–H groups in total. The Hall–Kier alpha value is -3.02. The Morgan fingerprint density at radius 3 is 1.43 bits per heavy atom. The van der Waals surface area contributed by atoms with Gasteiger partial charge in [-0.1, -0.05) is 60.7 Å². The molecule has 0 radical (unpaired) electrons. The summed E-state index contributed by atoms with van der Waals surface area (Å²) in [5.41, 5.74) is 1.88. The molecule has 2 aromatic rings. The van der Waals surface area contributed by atoms with Gasteiger partial charge in [0.25, 0.3) is 0 Å². The average molecular weight is 384 g/mol. The van der Waals surface area contributed by atoms with Gasteiger partial charge in [-0.05, 0) is 37.8 Å². The molecule has 0 aliphatic rings. The molecule has 28 heavy (non-hydrogen) atoms. The monoisotopic (exact) mass is 384 g/mol. The maximum absolute atomic E-state index is 11.8. The van der Waals surface area contributed by atoms with Crippen molar-refractivity contribution in [2.24, 2.45) is 0 Å². The second kappa shape index (κ2) is 11.6. The molecule has 2 atom stereocenters. The topological polar surface area (TPSA) is 76.7 Å². The number of carbonyl (C=O) groups is 2. The third-order valence-corrected chi connectivity index (χ3v) is 4.19. The lowest BCUT2D eigenvalue weighted by atomic mass is 10.1. The summed E-state index contributed by atoms with van der Waals surface area (Å²) in [5.74, 6) is 0. The molecule has 150 valence electrons. The van der Waals surface area contributed by atoms with Crippen LogP contribution < -0.4 is 10.6 Å². The second-order valence-corrected chi connectivity index (χ2v) is 6.79. The van der Waals surface area contributed by atoms with E-state index in [1.165, 1.54) is 0 Å². The summed E-state index contributed by atoms with van der Waals surface area (Å²) < 4.78 is 10.4. The maximum atomic E-state index is 11.8. The van der Waals surface area contributed by atoms with Crippen molar-refractivity contribution in [2.45, 2.75) is 52.0 Å². The first-order valence-electron chi connectivity index (χ1n) is 9.47. The minimum atomic E-state index is -0.445. The molecule has 2 unspecified atom stereocenters. The number of amides is 2. The standard InChI is InChI=1S/C22H28N2O4/c1-17(23-21(25)27-15-19-9-5-3-6-10-19)13-14-18(2)24-22(26)28-16-20-11-7-4-8-12-20/h3-12,17-18H,13-16H2,1-2H3,(H,23,25)(H,24,26). The quantitative estimate of drug-likeness (QED) is 0.672. The molecule has 0 aliphatic carbocycles. The van der Waals surface area contributed by atoms with Crippen molar-refractivity contribution in [1.29, 1.82) is 0 Å². The highest BCUT2D eigenvalue weighted by Crippen LogP contribution is 2.05. The van der Waals surface area contributed by atoms with E-state index < -0.39 is 12.2 Å². The number of hydrogen-bond donors (Lipinski definition) is 2. The van der Waals surface area contributed by atoms with E-state index in [-0.39, 0.29) is 25.3 Å². The third-order valence-electron chi connectivity index (χ3n) is 4.19. The van der Waals surface area contributed by atoms with Crippen LogP contribution in [0, 0.1) is 0 Å². The Morgan fingerprint density at radius 2 is 1.07 bits per heavy atom. The minimum Gasteiger partial charge on any atom is -0.445 e. The number of ether oxygens (including phenoxy) is 2. The molecule has 0 aliphatic heterocycles. The van der Waals surface area contributed by atoms with Crippen LogP contribution >= 0.6 is 0 Å². The van der Waals surface area contributed by atoms with E-state index in [2.05, 4.69) is 10.6 Å². The summed E-state index contributed by atoms with van der Waals surface area (Å²) >= 11 is 0. The molecule has 6 heteroatoms. The van der Waals surface area contributed by atoms with Gasteiger partial charge >= 0.3 is 12.2 Å². The average Bonchev–Trinajstić information content (AvgIpc) is 2.71. The highest BCUT2D eigenvalue weighted by molar-refractivity contribution is 5.68. The van der Waals surface area contributed by atoms with Crippen LogP contribution in [0.4, 0.5) is 9.59 Å². The lowest BCUT2D eigenvalue weighted by molar-refractivity contribution is 0.132. The van der Waals surface area contributed by atoms with Crippen molar-refractivity contribution in [3.05, 3.63) is 71.8 Å². The smallest absolute Gasteiger partial charge is 0.407 e. The summed E-state index contributed by atoms with van der Waals surface area (Å²) in [6.07, 6.45) is 0.527. The van der Waals surface area contributed by atoms with Gasteiger partial charge in [-0.15, -0.1) is 0 Å². The molecule has 0 fully saturated rings. The summed E-state index contributed by atoms with van der Waals surface area (Å²) in [6.45, 7) is 4.30. The van der Waals surface area contributed by atoms with Gasteiger partial charge in [0, 0.05) is 12.1 Å². The molecular weight excluding hydrogens is 356 g/mol. The molecule has 0 bridgehead atoms. The van der Waals surface area contributed by atoms with Gasteiger partial charge in [0.1, 0.15) is 13.2 Å². The Morgan fingerprint density at radius 1 is 0.714 bits per heavy atom. The van der Waals surface area contributed by atoms with Gasteiger partial charge in [0.2, 0.25) is 0 Å². The molecule has 0 heterocycles. The molecule has 2 rings (SSSR count). The molecule has 0 saturated carbocycles. The number of nitrogens with one attached hydrogen (secondary N) is 2. The van der Waals surface area contributed by atoms with E-state index in [9.17, 15) is 9.59 Å². The third kappa shape index (κ3) is 8.58. The molecular formula is C22H28N2O4. The summed E-state index contributed by atoms with van der Waals surface area (Å²) in [5, 5.41) is 5.60. The first-order valence-corrected chi connectivity index (χ1v) is 9.47. The van der Waals surface area contributed by atoms with Gasteiger partial charge in [0.15, 0.2) is 0 Å². The SMILES string of the molecule is CC(CCC(C)NC(=O)OCc1ccccc1)NC(=O)OCc1ccccc1. The van der Waals surface area contributed by atoms with Crippen molar-refractivity contribution in [3.8, 4) is 0 Å². The van der Waals surface area contributed by atoms with Gasteiger partial charge < -0.3 is 20.1 Å². The summed E-state index contributed by atoms with van der Waals surface area (Å²) in [7, 11) is 0. The van der Waals surface area contributed by atoms with Crippen molar-refractivity contribution in [2.75, 3.05) is 0 Å². The van der Waals surface area contributed by atoms with Crippen LogP contribution in [0.2, 0.25) is 0 Å². The van der Waals surface area contributed by atoms with Crippen LogP contribution in [0.5, 0.6) is 0 Å². The predicted octanol–water partition coefficient (Wildman–Crippen LogP) is 4.40. The van der Waals surface area contributed by atoms with Gasteiger partial charge in [-0.2, -0.15) is 0 Å². The molecule has 6 nitrogen and oxygen atoms in total. The summed E-state index contributed by atoms with van der Waals surface area (Å²) in [6, 6.07) is 18.9. The number of carbonyl (C=O) groups excluding carboxylic acids is 2. The normalized spacial score (nSPS) is 12.5. The Labute approximate surface area is 166 Å². The Kier molecular flexibility index (Phi) is 8.85. The molecule has 0 saturated heterocycles. The highest BCUT2D eigenvalue weighted by atomic mass is 16.6. The van der Waals surface area contributed by atoms with Gasteiger partial charge in [0.05, 0.1) is 0 Å². The Bertz CT molecular complexity index is 658. The van der Waals surface area contributed by atoms with Crippen LogP contribution in [0.3, 0.4) is 0 Å². The fourth-order valence-corrected chi connectivity index (χ4v) is 2.58. The van der Waals surface area contributed by atoms with E-state index in [4.69, 9.17) is 9.47 Å². The van der Waals surface area contributed by atoms with Gasteiger partial charge in [-0.3, -0.25) is 0 Å². The largest absolute Gasteiger partial charge is 0.445 e. The molecule has 0 spiro atoms. The van der Waals surface area contributed by atoms with Crippen LogP contribution in [-0.4, -0.2) is 24.3 Å². The number of rotatable bonds is 9. The van der Waals surface area contributed by atoms with Gasteiger partial charge in [-0.25, -0.2) is 9.59 Å². The zero-order chi connectivity index (χ0) is 20.2. The minimum absolute atomic E-state index is 0.0622. The van der Waals surface area contributed by atoms with E-state index in [1.807, 2.05) is 74.5 Å². The summed E-state index contributed by atoms with van der Waals surface area (Å²) in [4.78, 5) is 23.7. The van der Waals surface area contributed by atoms with Crippen molar-refractivity contribution < 1.29 is 19.1 Å². The van der Waals surface area contributed by atoms with E-state index >= 15 is 0 Å². The van der Waals surface area contributed by atoms with Crippen molar-refractivity contribution in [1.82, 2.24) is 10.6 Å². The second-order valence-electron chi connectivity index (χ2n) is 6.79. The maximum Gasteiger partial charge on any atom is 0.407 e. The molecule has 2 amide bonds. The zero-order valence-corrected chi connectivity index (χ0v) is 16.4. The molecule has 0 aromatic heterocycles. The lowest BCUT2D eigenvalue weighted by Gasteiger charge is -2.18. The van der Waals surface area contributed by atoms with E-state index in [0.717, 1.165) is 11.1 Å². The lowest BCUT2D eigenvalue weighted by Crippen LogP contribution is -2.37. The van der Waals surface area contributed by atoms with E-state index in [1.54, 1.807) is 0 Å². The fraction of sp³-hybridized carbons (Fsp3) is 0.364.